The molecule has 0 aliphatic carbocycles. The molecule has 0 saturated carbocycles. The van der Waals surface area contributed by atoms with Gasteiger partial charge in [0.1, 0.15) is 12.4 Å². The summed E-state index contributed by atoms with van der Waals surface area (Å²) in [4.78, 5) is 10.8. The second-order valence-electron chi connectivity index (χ2n) is 3.94. The molecule has 18 heavy (non-hydrogen) atoms. The number of ether oxygens (including phenoxy) is 1. The Bertz CT molecular complexity index is 520. The third-order valence-corrected chi connectivity index (χ3v) is 2.60. The van der Waals surface area contributed by atoms with E-state index in [1.807, 2.05) is 54.6 Å². The van der Waals surface area contributed by atoms with Crippen molar-refractivity contribution in [2.24, 2.45) is 0 Å². The highest BCUT2D eigenvalue weighted by atomic mass is 16.5. The van der Waals surface area contributed by atoms with E-state index in [1.54, 1.807) is 0 Å². The van der Waals surface area contributed by atoms with E-state index < -0.39 is 5.97 Å². The van der Waals surface area contributed by atoms with Crippen LogP contribution in [0.4, 0.5) is 0 Å². The van der Waals surface area contributed by atoms with Crippen LogP contribution >= 0.6 is 0 Å². The van der Waals surface area contributed by atoms with Crippen molar-refractivity contribution in [1.82, 2.24) is 0 Å². The fourth-order valence-corrected chi connectivity index (χ4v) is 1.71. The van der Waals surface area contributed by atoms with E-state index in [0.717, 1.165) is 16.9 Å². The first-order valence-corrected chi connectivity index (χ1v) is 5.72. The molecule has 1 N–H and O–H groups in total. The molecule has 0 heterocycles. The van der Waals surface area contributed by atoms with Crippen LogP contribution in [0.25, 0.3) is 0 Å². The Hall–Kier alpha value is -2.29. The molecule has 2 aromatic rings. The van der Waals surface area contributed by atoms with Crippen LogP contribution in [0.2, 0.25) is 0 Å². The number of para-hydroxylation sites is 1. The third kappa shape index (κ3) is 3.35. The van der Waals surface area contributed by atoms with Gasteiger partial charge in [0.15, 0.2) is 0 Å². The van der Waals surface area contributed by atoms with Gasteiger partial charge in [-0.05, 0) is 23.3 Å². The lowest BCUT2D eigenvalue weighted by atomic mass is 10.1. The first-order chi connectivity index (χ1) is 8.75. The number of rotatable bonds is 5. The minimum absolute atomic E-state index is 0.0221. The molecule has 3 nitrogen and oxygen atoms in total. The molecule has 0 bridgehead atoms. The molecule has 0 spiro atoms. The van der Waals surface area contributed by atoms with Crippen molar-refractivity contribution in [2.75, 3.05) is 0 Å². The summed E-state index contributed by atoms with van der Waals surface area (Å²) >= 11 is 0. The molecule has 0 aliphatic heterocycles. The fourth-order valence-electron chi connectivity index (χ4n) is 1.71. The predicted octanol–water partition coefficient (Wildman–Crippen LogP) is 2.89. The van der Waals surface area contributed by atoms with Gasteiger partial charge in [-0.3, -0.25) is 4.79 Å². The van der Waals surface area contributed by atoms with Crippen LogP contribution in [-0.2, 0) is 17.8 Å². The SMILES string of the molecule is O=C(O)Cc1ccccc1COc1ccccc1. The number of aliphatic carboxylic acids is 1. The van der Waals surface area contributed by atoms with Crippen molar-refractivity contribution in [3.63, 3.8) is 0 Å². The lowest BCUT2D eigenvalue weighted by Crippen LogP contribution is -2.05. The number of carboxylic acid groups (broad SMARTS) is 1. The van der Waals surface area contributed by atoms with Gasteiger partial charge in [-0.2, -0.15) is 0 Å². The van der Waals surface area contributed by atoms with Gasteiger partial charge in [0.2, 0.25) is 0 Å². The average molecular weight is 242 g/mol. The Kier molecular flexibility index (Phi) is 3.97. The van der Waals surface area contributed by atoms with Crippen molar-refractivity contribution >= 4 is 5.97 Å². The molecule has 92 valence electrons. The summed E-state index contributed by atoms with van der Waals surface area (Å²) in [6.07, 6.45) is 0.0221. The molecule has 0 aliphatic rings. The second-order valence-corrected chi connectivity index (χ2v) is 3.94. The Morgan fingerprint density at radius 3 is 2.22 bits per heavy atom. The van der Waals surface area contributed by atoms with E-state index >= 15 is 0 Å². The highest BCUT2D eigenvalue weighted by molar-refractivity contribution is 5.70. The largest absolute Gasteiger partial charge is 0.489 e. The highest BCUT2D eigenvalue weighted by Gasteiger charge is 2.06. The quantitative estimate of drug-likeness (QED) is 0.876. The number of benzene rings is 2. The normalized spacial score (nSPS) is 10.0. The van der Waals surface area contributed by atoms with E-state index in [0.29, 0.717) is 6.61 Å². The monoisotopic (exact) mass is 242 g/mol. The lowest BCUT2D eigenvalue weighted by Gasteiger charge is -2.09. The minimum Gasteiger partial charge on any atom is -0.489 e. The van der Waals surface area contributed by atoms with E-state index in [1.165, 1.54) is 0 Å². The molecule has 0 fully saturated rings. The summed E-state index contributed by atoms with van der Waals surface area (Å²) in [5.74, 6) is -0.0511. The standard InChI is InChI=1S/C15H14O3/c16-15(17)10-12-6-4-5-7-13(12)11-18-14-8-2-1-3-9-14/h1-9H,10-11H2,(H,16,17). The van der Waals surface area contributed by atoms with Gasteiger partial charge in [-0.25, -0.2) is 0 Å². The van der Waals surface area contributed by atoms with Gasteiger partial charge in [-0.1, -0.05) is 42.5 Å². The van der Waals surface area contributed by atoms with E-state index in [-0.39, 0.29) is 6.42 Å². The first kappa shape index (κ1) is 12.2. The number of hydrogen-bond acceptors (Lipinski definition) is 2. The lowest BCUT2D eigenvalue weighted by molar-refractivity contribution is -0.136. The van der Waals surface area contributed by atoms with Crippen molar-refractivity contribution in [2.45, 2.75) is 13.0 Å². The zero-order valence-electron chi connectivity index (χ0n) is 9.87. The minimum atomic E-state index is -0.831. The summed E-state index contributed by atoms with van der Waals surface area (Å²) < 4.78 is 5.62. The Morgan fingerprint density at radius 2 is 1.56 bits per heavy atom. The molecular weight excluding hydrogens is 228 g/mol. The van der Waals surface area contributed by atoms with Crippen molar-refractivity contribution in [3.05, 3.63) is 65.7 Å². The highest BCUT2D eigenvalue weighted by Crippen LogP contribution is 2.15. The molecule has 2 aromatic carbocycles. The average Bonchev–Trinajstić information content (AvgIpc) is 2.38. The van der Waals surface area contributed by atoms with Gasteiger partial charge in [-0.15, -0.1) is 0 Å². The molecule has 3 heteroatoms. The summed E-state index contributed by atoms with van der Waals surface area (Å²) in [5.41, 5.74) is 1.70. The summed E-state index contributed by atoms with van der Waals surface area (Å²) in [5, 5.41) is 8.84. The van der Waals surface area contributed by atoms with Crippen molar-refractivity contribution in [3.8, 4) is 5.75 Å². The topological polar surface area (TPSA) is 46.5 Å². The number of carboxylic acids is 1. The fraction of sp³-hybridized carbons (Fsp3) is 0.133. The van der Waals surface area contributed by atoms with Gasteiger partial charge >= 0.3 is 5.97 Å². The maximum absolute atomic E-state index is 10.8. The summed E-state index contributed by atoms with van der Waals surface area (Å²) in [7, 11) is 0. The van der Waals surface area contributed by atoms with E-state index in [9.17, 15) is 4.79 Å². The van der Waals surface area contributed by atoms with E-state index in [4.69, 9.17) is 9.84 Å². The second kappa shape index (κ2) is 5.87. The maximum atomic E-state index is 10.8. The van der Waals surface area contributed by atoms with Gasteiger partial charge in [0.25, 0.3) is 0 Å². The van der Waals surface area contributed by atoms with Gasteiger partial charge in [0, 0.05) is 0 Å². The van der Waals surface area contributed by atoms with Crippen LogP contribution < -0.4 is 4.74 Å². The van der Waals surface area contributed by atoms with Crippen molar-refractivity contribution < 1.29 is 14.6 Å². The predicted molar refractivity (Wildman–Crippen MR) is 68.6 cm³/mol. The van der Waals surface area contributed by atoms with Crippen LogP contribution in [0.3, 0.4) is 0 Å². The molecular formula is C15H14O3. The van der Waals surface area contributed by atoms with Gasteiger partial charge in [0.05, 0.1) is 6.42 Å². The van der Waals surface area contributed by atoms with Gasteiger partial charge < -0.3 is 9.84 Å². The van der Waals surface area contributed by atoms with Crippen LogP contribution in [-0.4, -0.2) is 11.1 Å². The molecule has 0 radical (unpaired) electrons. The Morgan fingerprint density at radius 1 is 0.944 bits per heavy atom. The summed E-state index contributed by atoms with van der Waals surface area (Å²) in [6, 6.07) is 16.9. The zero-order chi connectivity index (χ0) is 12.8. The van der Waals surface area contributed by atoms with Crippen LogP contribution in [0.5, 0.6) is 5.75 Å². The molecule has 0 unspecified atom stereocenters. The third-order valence-electron chi connectivity index (χ3n) is 2.60. The van der Waals surface area contributed by atoms with Crippen LogP contribution in [0.1, 0.15) is 11.1 Å². The molecule has 0 saturated heterocycles. The number of carbonyl (C=O) groups is 1. The zero-order valence-corrected chi connectivity index (χ0v) is 9.87. The molecule has 0 atom stereocenters. The molecule has 0 amide bonds. The first-order valence-electron chi connectivity index (χ1n) is 5.72. The van der Waals surface area contributed by atoms with E-state index in [2.05, 4.69) is 0 Å². The van der Waals surface area contributed by atoms with Crippen LogP contribution in [0.15, 0.2) is 54.6 Å². The molecule has 2 rings (SSSR count). The summed E-state index contributed by atoms with van der Waals surface area (Å²) in [6.45, 7) is 0.382. The number of hydrogen-bond donors (Lipinski definition) is 1. The Labute approximate surface area is 106 Å². The smallest absolute Gasteiger partial charge is 0.307 e. The molecule has 0 aromatic heterocycles. The van der Waals surface area contributed by atoms with Crippen molar-refractivity contribution in [1.29, 1.82) is 0 Å². The van der Waals surface area contributed by atoms with Crippen LogP contribution in [0, 0.1) is 0 Å². The maximum Gasteiger partial charge on any atom is 0.307 e. The Balaban J connectivity index is 2.07.